The highest BCUT2D eigenvalue weighted by Crippen LogP contribution is 2.26. The lowest BCUT2D eigenvalue weighted by atomic mass is 9.97. The van der Waals surface area contributed by atoms with Crippen molar-refractivity contribution in [2.24, 2.45) is 0 Å². The quantitative estimate of drug-likeness (QED) is 0.934. The summed E-state index contributed by atoms with van der Waals surface area (Å²) in [5.41, 5.74) is 0.514. The van der Waals surface area contributed by atoms with Crippen LogP contribution in [0.15, 0.2) is 30.7 Å². The molecule has 1 saturated heterocycles. The smallest absolute Gasteiger partial charge is 0.259 e. The number of aromatic nitrogens is 3. The molecular weight excluding hydrogens is 268 g/mol. The first-order chi connectivity index (χ1) is 10.3. The maximum atomic E-state index is 12.7. The number of methoxy groups -OCH3 is 1. The van der Waals surface area contributed by atoms with Gasteiger partial charge in [0.1, 0.15) is 11.4 Å². The Hall–Kier alpha value is -2.37. The molecule has 6 heteroatoms. The normalized spacial score (nSPS) is 18.5. The number of rotatable bonds is 3. The number of hydrogen-bond acceptors (Lipinski definition) is 4. The molecule has 2 aromatic heterocycles. The molecule has 0 bridgehead atoms. The van der Waals surface area contributed by atoms with Gasteiger partial charge in [-0.15, -0.1) is 0 Å². The second-order valence-electron chi connectivity index (χ2n) is 5.12. The molecule has 0 aliphatic carbocycles. The van der Waals surface area contributed by atoms with Gasteiger partial charge in [-0.3, -0.25) is 4.79 Å². The molecule has 1 fully saturated rings. The van der Waals surface area contributed by atoms with Crippen LogP contribution >= 0.6 is 0 Å². The largest absolute Gasteiger partial charge is 0.480 e. The molecule has 0 saturated carbocycles. The van der Waals surface area contributed by atoms with Gasteiger partial charge in [0.2, 0.25) is 5.88 Å². The monoisotopic (exact) mass is 286 g/mol. The molecule has 0 spiro atoms. The van der Waals surface area contributed by atoms with Crippen molar-refractivity contribution in [3.8, 4) is 5.88 Å². The molecular formula is C15H18N4O2. The molecule has 3 rings (SSSR count). The van der Waals surface area contributed by atoms with E-state index in [1.165, 1.54) is 7.11 Å². The Morgan fingerprint density at radius 1 is 1.43 bits per heavy atom. The van der Waals surface area contributed by atoms with Crippen molar-refractivity contribution >= 4 is 5.91 Å². The van der Waals surface area contributed by atoms with Crippen molar-refractivity contribution in [2.75, 3.05) is 20.2 Å². The number of aromatic amines is 1. The average Bonchev–Trinajstić information content (AvgIpc) is 3.09. The van der Waals surface area contributed by atoms with Gasteiger partial charge >= 0.3 is 0 Å². The highest BCUT2D eigenvalue weighted by Gasteiger charge is 2.28. The highest BCUT2D eigenvalue weighted by atomic mass is 16.5. The number of amides is 1. The molecule has 3 heterocycles. The minimum Gasteiger partial charge on any atom is -0.480 e. The van der Waals surface area contributed by atoms with E-state index in [-0.39, 0.29) is 11.8 Å². The van der Waals surface area contributed by atoms with Gasteiger partial charge in [-0.05, 0) is 25.0 Å². The Labute approximate surface area is 123 Å². The fourth-order valence-electron chi connectivity index (χ4n) is 2.77. The summed E-state index contributed by atoms with van der Waals surface area (Å²) in [5, 5.41) is 0. The lowest BCUT2D eigenvalue weighted by molar-refractivity contribution is 0.0700. The maximum Gasteiger partial charge on any atom is 0.259 e. The van der Waals surface area contributed by atoms with Crippen molar-refractivity contribution in [2.45, 2.75) is 18.8 Å². The summed E-state index contributed by atoms with van der Waals surface area (Å²) in [7, 11) is 1.53. The van der Waals surface area contributed by atoms with Crippen LogP contribution in [0.3, 0.4) is 0 Å². The summed E-state index contributed by atoms with van der Waals surface area (Å²) in [6, 6.07) is 3.51. The van der Waals surface area contributed by atoms with Crippen molar-refractivity contribution in [1.82, 2.24) is 19.9 Å². The summed E-state index contributed by atoms with van der Waals surface area (Å²) >= 11 is 0. The number of nitrogens with zero attached hydrogens (tertiary/aromatic N) is 3. The fraction of sp³-hybridized carbons (Fsp3) is 0.400. The first kappa shape index (κ1) is 13.6. The van der Waals surface area contributed by atoms with E-state index < -0.39 is 0 Å². The lowest BCUT2D eigenvalue weighted by Crippen LogP contribution is -2.39. The number of hydrogen-bond donors (Lipinski definition) is 1. The number of carbonyl (C=O) groups is 1. The van der Waals surface area contributed by atoms with Gasteiger partial charge in [0.15, 0.2) is 0 Å². The summed E-state index contributed by atoms with van der Waals surface area (Å²) in [6.07, 6.45) is 7.21. The third kappa shape index (κ3) is 2.74. The molecule has 2 aromatic rings. The number of piperidine rings is 1. The van der Waals surface area contributed by atoms with Gasteiger partial charge < -0.3 is 14.6 Å². The summed E-state index contributed by atoms with van der Waals surface area (Å²) in [6.45, 7) is 1.43. The molecule has 1 aliphatic rings. The van der Waals surface area contributed by atoms with Gasteiger partial charge in [-0.2, -0.15) is 0 Å². The van der Waals surface area contributed by atoms with Gasteiger partial charge in [0, 0.05) is 37.6 Å². The van der Waals surface area contributed by atoms with E-state index in [4.69, 9.17) is 4.74 Å². The standard InChI is InChI=1S/C15H18N4O2/c1-21-14-12(5-2-6-18-14)15(20)19-9-3-4-11(10-19)13-16-7-8-17-13/h2,5-8,11H,3-4,9-10H2,1H3,(H,16,17)/t11-/m0/s1. The molecule has 1 aliphatic heterocycles. The Balaban J connectivity index is 1.78. The van der Waals surface area contributed by atoms with Crippen molar-refractivity contribution in [3.63, 3.8) is 0 Å². The van der Waals surface area contributed by atoms with Crippen LogP contribution in [0.4, 0.5) is 0 Å². The Morgan fingerprint density at radius 3 is 3.10 bits per heavy atom. The first-order valence-corrected chi connectivity index (χ1v) is 7.07. The minimum atomic E-state index is -0.0313. The predicted molar refractivity (Wildman–Crippen MR) is 77.3 cm³/mol. The maximum absolute atomic E-state index is 12.7. The van der Waals surface area contributed by atoms with Crippen LogP contribution in [-0.4, -0.2) is 46.0 Å². The zero-order valence-corrected chi connectivity index (χ0v) is 12.0. The van der Waals surface area contributed by atoms with Crippen LogP contribution in [0, 0.1) is 0 Å². The Morgan fingerprint density at radius 2 is 2.33 bits per heavy atom. The van der Waals surface area contributed by atoms with Crippen LogP contribution in [0.25, 0.3) is 0 Å². The molecule has 0 aromatic carbocycles. The summed E-state index contributed by atoms with van der Waals surface area (Å²) in [4.78, 5) is 26.1. The molecule has 6 nitrogen and oxygen atoms in total. The molecule has 0 unspecified atom stereocenters. The van der Waals surface area contributed by atoms with Crippen molar-refractivity contribution in [3.05, 3.63) is 42.1 Å². The number of carbonyl (C=O) groups excluding carboxylic acids is 1. The van der Waals surface area contributed by atoms with E-state index in [9.17, 15) is 4.79 Å². The van der Waals surface area contributed by atoms with Crippen molar-refractivity contribution in [1.29, 1.82) is 0 Å². The SMILES string of the molecule is COc1ncccc1C(=O)N1CCC[C@H](c2ncc[nH]2)C1. The van der Waals surface area contributed by atoms with E-state index >= 15 is 0 Å². The molecule has 21 heavy (non-hydrogen) atoms. The third-order valence-electron chi connectivity index (χ3n) is 3.81. The topological polar surface area (TPSA) is 71.1 Å². The molecule has 0 radical (unpaired) electrons. The number of nitrogens with one attached hydrogen (secondary N) is 1. The number of imidazole rings is 1. The number of likely N-dealkylation sites (tertiary alicyclic amines) is 1. The second-order valence-corrected chi connectivity index (χ2v) is 5.12. The molecule has 110 valence electrons. The molecule has 1 N–H and O–H groups in total. The Kier molecular flexibility index (Phi) is 3.85. The van der Waals surface area contributed by atoms with E-state index in [2.05, 4.69) is 15.0 Å². The van der Waals surface area contributed by atoms with Crippen LogP contribution in [-0.2, 0) is 0 Å². The number of pyridine rings is 1. The van der Waals surface area contributed by atoms with Crippen LogP contribution in [0.2, 0.25) is 0 Å². The lowest BCUT2D eigenvalue weighted by Gasteiger charge is -2.32. The molecule has 1 atom stereocenters. The van der Waals surface area contributed by atoms with Crippen molar-refractivity contribution < 1.29 is 9.53 Å². The summed E-state index contributed by atoms with van der Waals surface area (Å²) in [5.74, 6) is 1.56. The van der Waals surface area contributed by atoms with E-state index in [1.807, 2.05) is 11.1 Å². The third-order valence-corrected chi connectivity index (χ3v) is 3.81. The highest BCUT2D eigenvalue weighted by molar-refractivity contribution is 5.96. The van der Waals surface area contributed by atoms with Gasteiger partial charge in [-0.1, -0.05) is 0 Å². The van der Waals surface area contributed by atoms with Gasteiger partial charge in [0.05, 0.1) is 7.11 Å². The predicted octanol–water partition coefficient (Wildman–Crippen LogP) is 1.83. The van der Waals surface area contributed by atoms with E-state index in [0.717, 1.165) is 25.2 Å². The van der Waals surface area contributed by atoms with Crippen LogP contribution < -0.4 is 4.74 Å². The van der Waals surface area contributed by atoms with E-state index in [0.29, 0.717) is 18.0 Å². The van der Waals surface area contributed by atoms with Crippen LogP contribution in [0.1, 0.15) is 34.9 Å². The number of ether oxygens (including phenoxy) is 1. The van der Waals surface area contributed by atoms with E-state index in [1.54, 1.807) is 24.5 Å². The minimum absolute atomic E-state index is 0.0313. The average molecular weight is 286 g/mol. The van der Waals surface area contributed by atoms with Crippen LogP contribution in [0.5, 0.6) is 5.88 Å². The zero-order valence-electron chi connectivity index (χ0n) is 12.0. The Bertz CT molecular complexity index is 612. The fourth-order valence-corrected chi connectivity index (χ4v) is 2.77. The summed E-state index contributed by atoms with van der Waals surface area (Å²) < 4.78 is 5.18. The second kappa shape index (κ2) is 5.95. The zero-order chi connectivity index (χ0) is 14.7. The van der Waals surface area contributed by atoms with Gasteiger partial charge in [-0.25, -0.2) is 9.97 Å². The molecule has 1 amide bonds. The van der Waals surface area contributed by atoms with Gasteiger partial charge in [0.25, 0.3) is 5.91 Å². The first-order valence-electron chi connectivity index (χ1n) is 7.07. The number of H-pyrrole nitrogens is 1.